The van der Waals surface area contributed by atoms with E-state index in [0.29, 0.717) is 17.8 Å². The quantitative estimate of drug-likeness (QED) is 0.516. The number of carbonyl (C=O) groups excluding carboxylic acids is 1. The van der Waals surface area contributed by atoms with Crippen LogP contribution in [0.3, 0.4) is 0 Å². The fourth-order valence-electron chi connectivity index (χ4n) is 4.64. The monoisotopic (exact) mass is 414 g/mol. The number of carbonyl (C=O) groups is 1. The minimum Gasteiger partial charge on any atom is -0.329 e. The summed E-state index contributed by atoms with van der Waals surface area (Å²) in [6.45, 7) is 0.722. The van der Waals surface area contributed by atoms with Gasteiger partial charge in [-0.25, -0.2) is 4.39 Å². The van der Waals surface area contributed by atoms with Crippen molar-refractivity contribution in [3.63, 3.8) is 0 Å². The molecule has 0 spiro atoms. The molecule has 31 heavy (non-hydrogen) atoms. The van der Waals surface area contributed by atoms with Crippen molar-refractivity contribution in [2.24, 2.45) is 7.05 Å². The predicted octanol–water partition coefficient (Wildman–Crippen LogP) is 3.17. The molecule has 1 amide bonds. The average molecular weight is 414 g/mol. The number of fused-ring (bicyclic) bond motifs is 3. The van der Waals surface area contributed by atoms with E-state index in [1.165, 1.54) is 6.07 Å². The minimum absolute atomic E-state index is 0.102. The van der Waals surface area contributed by atoms with Gasteiger partial charge in [0.05, 0.1) is 5.52 Å². The number of nitrogens with zero attached hydrogens (tertiary/aromatic N) is 6. The van der Waals surface area contributed by atoms with E-state index in [-0.39, 0.29) is 18.3 Å². The molecule has 2 aromatic carbocycles. The fraction of sp³-hybridized carbons (Fsp3) is 0.217. The Hall–Kier alpha value is -3.81. The standard InChI is InChI=1S/C23H19FN6O/c1-28-12-18-17(3-2-4-20(18)27-28)14-5-7-19(24)16(9-14)11-29-10-15-6-8-21-26-25-13-30(21)22(15)23(29)31/h2-5,7,9,12-13H,6,8,10-11H2,1H3. The largest absolute Gasteiger partial charge is 0.329 e. The smallest absolute Gasteiger partial charge is 0.271 e. The van der Waals surface area contributed by atoms with Crippen molar-refractivity contribution in [3.8, 4) is 11.1 Å². The summed E-state index contributed by atoms with van der Waals surface area (Å²) in [7, 11) is 1.88. The van der Waals surface area contributed by atoms with Gasteiger partial charge in [-0.1, -0.05) is 18.2 Å². The second kappa shape index (κ2) is 6.60. The molecular formula is C23H19FN6O. The highest BCUT2D eigenvalue weighted by Crippen LogP contribution is 2.34. The Kier molecular flexibility index (Phi) is 3.83. The normalized spacial score (nSPS) is 15.7. The molecule has 0 saturated carbocycles. The first-order valence-corrected chi connectivity index (χ1v) is 10.2. The van der Waals surface area contributed by atoms with Crippen LogP contribution in [-0.4, -0.2) is 41.9 Å². The first kappa shape index (κ1) is 18.0. The molecule has 0 bridgehead atoms. The summed E-state index contributed by atoms with van der Waals surface area (Å²) in [5.41, 5.74) is 4.97. The van der Waals surface area contributed by atoms with Crippen LogP contribution in [0.25, 0.3) is 27.7 Å². The van der Waals surface area contributed by atoms with Gasteiger partial charge in [-0.15, -0.1) is 10.2 Å². The summed E-state index contributed by atoms with van der Waals surface area (Å²) in [4.78, 5) is 14.8. The second-order valence-corrected chi connectivity index (χ2v) is 8.08. The van der Waals surface area contributed by atoms with E-state index in [0.717, 1.165) is 46.3 Å². The van der Waals surface area contributed by atoms with Crippen LogP contribution in [0.5, 0.6) is 0 Å². The first-order valence-electron chi connectivity index (χ1n) is 10.2. The lowest BCUT2D eigenvalue weighted by Crippen LogP contribution is -2.27. The summed E-state index contributed by atoms with van der Waals surface area (Å²) >= 11 is 0. The van der Waals surface area contributed by atoms with Crippen LogP contribution in [0.4, 0.5) is 4.39 Å². The van der Waals surface area contributed by atoms with Crippen molar-refractivity contribution in [2.45, 2.75) is 19.4 Å². The van der Waals surface area contributed by atoms with Crippen molar-refractivity contribution < 1.29 is 9.18 Å². The van der Waals surface area contributed by atoms with Gasteiger partial charge in [0.2, 0.25) is 0 Å². The molecule has 7 nitrogen and oxygen atoms in total. The Morgan fingerprint density at radius 2 is 2.06 bits per heavy atom. The lowest BCUT2D eigenvalue weighted by Gasteiger charge is -2.18. The molecule has 0 atom stereocenters. The number of halogens is 1. The number of hydrogen-bond acceptors (Lipinski definition) is 4. The summed E-state index contributed by atoms with van der Waals surface area (Å²) in [6.07, 6.45) is 5.09. The molecule has 0 N–H and O–H groups in total. The van der Waals surface area contributed by atoms with E-state index in [2.05, 4.69) is 15.3 Å². The molecule has 0 saturated heterocycles. The highest BCUT2D eigenvalue weighted by atomic mass is 19.1. The van der Waals surface area contributed by atoms with Gasteiger partial charge in [-0.3, -0.25) is 14.0 Å². The maximum absolute atomic E-state index is 14.8. The van der Waals surface area contributed by atoms with E-state index in [1.54, 1.807) is 26.5 Å². The van der Waals surface area contributed by atoms with Crippen LogP contribution in [-0.2, 0) is 24.8 Å². The molecule has 154 valence electrons. The summed E-state index contributed by atoms with van der Waals surface area (Å²) < 4.78 is 18.3. The molecule has 2 aromatic heterocycles. The summed E-state index contributed by atoms with van der Waals surface area (Å²) in [5, 5.41) is 13.5. The Morgan fingerprint density at radius 3 is 2.97 bits per heavy atom. The molecule has 0 aliphatic carbocycles. The molecule has 4 aromatic rings. The lowest BCUT2D eigenvalue weighted by atomic mass is 9.99. The van der Waals surface area contributed by atoms with Crippen molar-refractivity contribution in [1.82, 2.24) is 29.4 Å². The van der Waals surface area contributed by atoms with Crippen molar-refractivity contribution in [1.29, 1.82) is 0 Å². The van der Waals surface area contributed by atoms with Crippen molar-refractivity contribution in [3.05, 3.63) is 71.7 Å². The SMILES string of the molecule is Cn1cc2c(-c3ccc(F)c(CN4CC5=C(C4=O)n4cnnc4CC5)c3)cccc2n1. The third kappa shape index (κ3) is 2.78. The number of rotatable bonds is 3. The van der Waals surface area contributed by atoms with Gasteiger partial charge < -0.3 is 4.90 Å². The van der Waals surface area contributed by atoms with E-state index in [9.17, 15) is 9.18 Å². The van der Waals surface area contributed by atoms with Gasteiger partial charge in [0.15, 0.2) is 0 Å². The molecule has 0 radical (unpaired) electrons. The van der Waals surface area contributed by atoms with Crippen LogP contribution in [0.1, 0.15) is 17.8 Å². The predicted molar refractivity (Wildman–Crippen MR) is 113 cm³/mol. The van der Waals surface area contributed by atoms with Crippen LogP contribution in [0, 0.1) is 5.82 Å². The Balaban J connectivity index is 1.34. The van der Waals surface area contributed by atoms with Gasteiger partial charge in [0, 0.05) is 43.7 Å². The second-order valence-electron chi connectivity index (χ2n) is 8.08. The maximum atomic E-state index is 14.8. The van der Waals surface area contributed by atoms with E-state index in [1.807, 2.05) is 37.5 Å². The highest BCUT2D eigenvalue weighted by molar-refractivity contribution is 6.17. The number of benzene rings is 2. The molecule has 6 rings (SSSR count). The number of aryl methyl sites for hydroxylation is 2. The van der Waals surface area contributed by atoms with Crippen molar-refractivity contribution >= 4 is 22.5 Å². The third-order valence-corrected chi connectivity index (χ3v) is 6.10. The molecule has 0 fully saturated rings. The zero-order chi connectivity index (χ0) is 21.1. The van der Waals surface area contributed by atoms with Gasteiger partial charge >= 0.3 is 0 Å². The van der Waals surface area contributed by atoms with Gasteiger partial charge in [0.25, 0.3) is 5.91 Å². The molecule has 0 unspecified atom stereocenters. The van der Waals surface area contributed by atoms with Gasteiger partial charge in [-0.05, 0) is 41.3 Å². The van der Waals surface area contributed by atoms with Crippen molar-refractivity contribution in [2.75, 3.05) is 6.54 Å². The number of aromatic nitrogens is 5. The molecule has 8 heteroatoms. The number of hydrogen-bond donors (Lipinski definition) is 0. The summed E-state index contributed by atoms with van der Waals surface area (Å²) in [5.74, 6) is 0.381. The topological polar surface area (TPSA) is 68.8 Å². The van der Waals surface area contributed by atoms with Crippen LogP contribution in [0.2, 0.25) is 0 Å². The molecule has 2 aliphatic rings. The molecule has 2 aliphatic heterocycles. The van der Waals surface area contributed by atoms with E-state index in [4.69, 9.17) is 0 Å². The van der Waals surface area contributed by atoms with Gasteiger partial charge in [0.1, 0.15) is 23.7 Å². The maximum Gasteiger partial charge on any atom is 0.271 e. The van der Waals surface area contributed by atoms with E-state index < -0.39 is 0 Å². The Bertz CT molecular complexity index is 1400. The lowest BCUT2D eigenvalue weighted by molar-refractivity contribution is -0.124. The average Bonchev–Trinajstić information content (AvgIpc) is 3.46. The van der Waals surface area contributed by atoms with Crippen LogP contribution in [0.15, 0.2) is 54.5 Å². The minimum atomic E-state index is -0.315. The number of amides is 1. The third-order valence-electron chi connectivity index (χ3n) is 6.10. The molecule has 4 heterocycles. The van der Waals surface area contributed by atoms with Crippen LogP contribution < -0.4 is 0 Å². The Morgan fingerprint density at radius 1 is 1.16 bits per heavy atom. The molecular weight excluding hydrogens is 395 g/mol. The van der Waals surface area contributed by atoms with E-state index >= 15 is 0 Å². The zero-order valence-corrected chi connectivity index (χ0v) is 16.9. The van der Waals surface area contributed by atoms with Crippen LogP contribution >= 0.6 is 0 Å². The summed E-state index contributed by atoms with van der Waals surface area (Å²) in [6, 6.07) is 11.0. The Labute approximate surface area is 177 Å². The highest BCUT2D eigenvalue weighted by Gasteiger charge is 2.35. The first-order chi connectivity index (χ1) is 15.1. The zero-order valence-electron chi connectivity index (χ0n) is 16.9. The van der Waals surface area contributed by atoms with Gasteiger partial charge in [-0.2, -0.15) is 5.10 Å². The fourth-order valence-corrected chi connectivity index (χ4v) is 4.64.